The minimum absolute atomic E-state index is 0.0336. The Bertz CT molecular complexity index is 396. The van der Waals surface area contributed by atoms with Crippen LogP contribution in [-0.2, 0) is 9.59 Å². The van der Waals surface area contributed by atoms with Crippen LogP contribution in [0.15, 0.2) is 23.3 Å². The molecule has 0 saturated carbocycles. The highest BCUT2D eigenvalue weighted by atomic mass is 16.2. The molecule has 0 radical (unpaired) electrons. The van der Waals surface area contributed by atoms with Crippen molar-refractivity contribution in [2.24, 2.45) is 11.1 Å². The molecule has 0 fully saturated rings. The summed E-state index contributed by atoms with van der Waals surface area (Å²) in [4.78, 5) is 23.4. The summed E-state index contributed by atoms with van der Waals surface area (Å²) in [6, 6.07) is 0. The molecule has 4 nitrogen and oxygen atoms in total. The van der Waals surface area contributed by atoms with Crippen molar-refractivity contribution < 1.29 is 9.59 Å². The number of carbonyl (C=O) groups excluding carboxylic acids is 2. The predicted octanol–water partition coefficient (Wildman–Crippen LogP) is 1.28. The lowest BCUT2D eigenvalue weighted by Crippen LogP contribution is -2.41. The van der Waals surface area contributed by atoms with Gasteiger partial charge < -0.3 is 11.1 Å². The quantitative estimate of drug-likeness (QED) is 0.771. The van der Waals surface area contributed by atoms with E-state index in [9.17, 15) is 9.59 Å². The molecule has 1 rings (SSSR count). The minimum atomic E-state index is -0.626. The van der Waals surface area contributed by atoms with E-state index in [4.69, 9.17) is 5.73 Å². The van der Waals surface area contributed by atoms with Gasteiger partial charge in [-0.05, 0) is 26.7 Å². The number of hydrogen-bond donors (Lipinski definition) is 2. The lowest BCUT2D eigenvalue weighted by Gasteiger charge is -2.31. The topological polar surface area (TPSA) is 72.2 Å². The van der Waals surface area contributed by atoms with E-state index in [0.717, 1.165) is 5.57 Å². The van der Waals surface area contributed by atoms with Crippen molar-refractivity contribution in [3.8, 4) is 0 Å². The molecule has 0 aliphatic heterocycles. The monoisotopic (exact) mass is 236 g/mol. The van der Waals surface area contributed by atoms with E-state index in [2.05, 4.69) is 5.32 Å². The molecule has 4 heteroatoms. The molecule has 0 aromatic rings. The molecule has 0 bridgehead atoms. The molecule has 94 valence electrons. The van der Waals surface area contributed by atoms with E-state index in [1.54, 1.807) is 6.08 Å². The van der Waals surface area contributed by atoms with Gasteiger partial charge in [-0.25, -0.2) is 0 Å². The summed E-state index contributed by atoms with van der Waals surface area (Å²) in [5.74, 6) is -0.478. The summed E-state index contributed by atoms with van der Waals surface area (Å²) in [6.07, 6.45) is 4.74. The SMILES string of the molecule is CCNC(=O)C1(CC)C=C(C)C=C(C(N)=O)C1. The maximum Gasteiger partial charge on any atom is 0.244 e. The van der Waals surface area contributed by atoms with Crippen LogP contribution in [0.3, 0.4) is 0 Å². The number of primary amides is 1. The Hall–Kier alpha value is -1.58. The molecular weight excluding hydrogens is 216 g/mol. The Kier molecular flexibility index (Phi) is 4.10. The predicted molar refractivity (Wildman–Crippen MR) is 67.1 cm³/mol. The Morgan fingerprint density at radius 2 is 2.12 bits per heavy atom. The Morgan fingerprint density at radius 3 is 2.59 bits per heavy atom. The van der Waals surface area contributed by atoms with Crippen molar-refractivity contribution in [1.82, 2.24) is 5.32 Å². The zero-order valence-electron chi connectivity index (χ0n) is 10.7. The molecule has 0 aromatic heterocycles. The lowest BCUT2D eigenvalue weighted by molar-refractivity contribution is -0.128. The molecule has 0 saturated heterocycles. The first-order valence-electron chi connectivity index (χ1n) is 5.93. The maximum atomic E-state index is 12.1. The number of hydrogen-bond acceptors (Lipinski definition) is 2. The van der Waals surface area contributed by atoms with Crippen LogP contribution in [0.4, 0.5) is 0 Å². The number of rotatable bonds is 4. The van der Waals surface area contributed by atoms with Gasteiger partial charge in [-0.2, -0.15) is 0 Å². The van der Waals surface area contributed by atoms with Crippen molar-refractivity contribution >= 4 is 11.8 Å². The molecule has 3 N–H and O–H groups in total. The Balaban J connectivity index is 3.08. The molecule has 0 heterocycles. The number of nitrogens with two attached hydrogens (primary N) is 1. The highest BCUT2D eigenvalue weighted by molar-refractivity contribution is 5.95. The molecule has 0 spiro atoms. The van der Waals surface area contributed by atoms with Crippen molar-refractivity contribution in [2.75, 3.05) is 6.54 Å². The molecule has 1 aliphatic rings. The lowest BCUT2D eigenvalue weighted by atomic mass is 9.73. The van der Waals surface area contributed by atoms with Gasteiger partial charge in [-0.1, -0.05) is 24.6 Å². The van der Waals surface area contributed by atoms with Gasteiger partial charge in [0.2, 0.25) is 11.8 Å². The van der Waals surface area contributed by atoms with Gasteiger partial charge in [0.15, 0.2) is 0 Å². The second-order valence-corrected chi connectivity index (χ2v) is 4.47. The average molecular weight is 236 g/mol. The van der Waals surface area contributed by atoms with Gasteiger partial charge in [0.25, 0.3) is 0 Å². The number of nitrogens with one attached hydrogen (secondary N) is 1. The Morgan fingerprint density at radius 1 is 1.47 bits per heavy atom. The Labute approximate surface area is 102 Å². The summed E-state index contributed by atoms with van der Waals surface area (Å²) in [7, 11) is 0. The molecular formula is C13H20N2O2. The van der Waals surface area contributed by atoms with E-state index in [-0.39, 0.29) is 5.91 Å². The third-order valence-electron chi connectivity index (χ3n) is 3.15. The molecule has 1 aliphatic carbocycles. The zero-order chi connectivity index (χ0) is 13.1. The fourth-order valence-corrected chi connectivity index (χ4v) is 2.22. The highest BCUT2D eigenvalue weighted by Crippen LogP contribution is 2.37. The highest BCUT2D eigenvalue weighted by Gasteiger charge is 2.37. The van der Waals surface area contributed by atoms with Crippen molar-refractivity contribution in [2.45, 2.75) is 33.6 Å². The fourth-order valence-electron chi connectivity index (χ4n) is 2.22. The third kappa shape index (κ3) is 2.75. The second kappa shape index (κ2) is 5.17. The van der Waals surface area contributed by atoms with Crippen LogP contribution in [0, 0.1) is 5.41 Å². The van der Waals surface area contributed by atoms with Gasteiger partial charge in [-0.15, -0.1) is 0 Å². The van der Waals surface area contributed by atoms with Crippen molar-refractivity contribution in [1.29, 1.82) is 0 Å². The maximum absolute atomic E-state index is 12.1. The number of allylic oxidation sites excluding steroid dienone is 2. The molecule has 1 atom stereocenters. The number of amides is 2. The second-order valence-electron chi connectivity index (χ2n) is 4.47. The van der Waals surface area contributed by atoms with Crippen LogP contribution >= 0.6 is 0 Å². The summed E-state index contributed by atoms with van der Waals surface area (Å²) >= 11 is 0. The van der Waals surface area contributed by atoms with Crippen molar-refractivity contribution in [3.05, 3.63) is 23.3 Å². The molecule has 0 aromatic carbocycles. The van der Waals surface area contributed by atoms with E-state index < -0.39 is 11.3 Å². The van der Waals surface area contributed by atoms with Gasteiger partial charge in [-0.3, -0.25) is 9.59 Å². The van der Waals surface area contributed by atoms with Crippen LogP contribution in [0.5, 0.6) is 0 Å². The van der Waals surface area contributed by atoms with Crippen LogP contribution < -0.4 is 11.1 Å². The van der Waals surface area contributed by atoms with E-state index >= 15 is 0 Å². The summed E-state index contributed by atoms with van der Waals surface area (Å²) in [5, 5.41) is 2.82. The third-order valence-corrected chi connectivity index (χ3v) is 3.15. The molecule has 17 heavy (non-hydrogen) atoms. The van der Waals surface area contributed by atoms with Crippen LogP contribution in [0.2, 0.25) is 0 Å². The van der Waals surface area contributed by atoms with E-state index in [0.29, 0.717) is 25.0 Å². The van der Waals surface area contributed by atoms with Crippen LogP contribution in [0.1, 0.15) is 33.6 Å². The zero-order valence-corrected chi connectivity index (χ0v) is 10.7. The summed E-state index contributed by atoms with van der Waals surface area (Å²) < 4.78 is 0. The average Bonchev–Trinajstić information content (AvgIpc) is 2.28. The smallest absolute Gasteiger partial charge is 0.244 e. The summed E-state index contributed by atoms with van der Waals surface area (Å²) in [6.45, 7) is 6.29. The van der Waals surface area contributed by atoms with Crippen LogP contribution in [0.25, 0.3) is 0 Å². The minimum Gasteiger partial charge on any atom is -0.366 e. The first kappa shape index (κ1) is 13.5. The largest absolute Gasteiger partial charge is 0.366 e. The first-order valence-corrected chi connectivity index (χ1v) is 5.93. The standard InChI is InChI=1S/C13H20N2O2/c1-4-13(12(17)15-5-2)7-9(3)6-10(8-13)11(14)16/h6-7H,4-5,8H2,1-3H3,(H2,14,16)(H,15,17). The molecule has 1 unspecified atom stereocenters. The first-order chi connectivity index (χ1) is 7.95. The van der Waals surface area contributed by atoms with Crippen molar-refractivity contribution in [3.63, 3.8) is 0 Å². The number of carbonyl (C=O) groups is 2. The van der Waals surface area contributed by atoms with E-state index in [1.807, 2.05) is 26.8 Å². The van der Waals surface area contributed by atoms with Gasteiger partial charge in [0, 0.05) is 12.1 Å². The van der Waals surface area contributed by atoms with E-state index in [1.165, 1.54) is 0 Å². The normalized spacial score (nSPS) is 23.7. The summed E-state index contributed by atoms with van der Waals surface area (Å²) in [5.41, 5.74) is 6.13. The molecule has 2 amide bonds. The van der Waals surface area contributed by atoms with Crippen LogP contribution in [-0.4, -0.2) is 18.4 Å². The van der Waals surface area contributed by atoms with Gasteiger partial charge in [0.05, 0.1) is 5.41 Å². The fraction of sp³-hybridized carbons (Fsp3) is 0.538. The van der Waals surface area contributed by atoms with Gasteiger partial charge >= 0.3 is 0 Å². The van der Waals surface area contributed by atoms with Gasteiger partial charge in [0.1, 0.15) is 0 Å².